The van der Waals surface area contributed by atoms with Crippen LogP contribution in [-0.2, 0) is 0 Å². The molecule has 0 aliphatic rings. The molecular formula is C6H5N3S. The van der Waals surface area contributed by atoms with Crippen LogP contribution in [0.25, 0.3) is 11.0 Å². The summed E-state index contributed by atoms with van der Waals surface area (Å²) in [6.07, 6.45) is 1.75. The maximum Gasteiger partial charge on any atom is 0.125 e. The van der Waals surface area contributed by atoms with Crippen molar-refractivity contribution in [2.24, 2.45) is 0 Å². The Balaban J connectivity index is 2.95. The largest absolute Gasteiger partial charge is 0.259 e. The number of nitrogens with zero attached hydrogens (tertiary/aromatic N) is 3. The van der Waals surface area contributed by atoms with Crippen molar-refractivity contribution < 1.29 is 0 Å². The van der Waals surface area contributed by atoms with Gasteiger partial charge in [-0.2, -0.15) is 8.75 Å². The first-order valence-corrected chi connectivity index (χ1v) is 3.65. The molecule has 4 heteroatoms. The Hall–Kier alpha value is -1.03. The van der Waals surface area contributed by atoms with Crippen LogP contribution >= 0.6 is 11.7 Å². The quantitative estimate of drug-likeness (QED) is 0.571. The molecule has 0 unspecified atom stereocenters. The van der Waals surface area contributed by atoms with Crippen molar-refractivity contribution in [1.82, 2.24) is 13.7 Å². The van der Waals surface area contributed by atoms with Crippen LogP contribution in [0.5, 0.6) is 0 Å². The van der Waals surface area contributed by atoms with E-state index in [1.54, 1.807) is 6.20 Å². The van der Waals surface area contributed by atoms with Crippen LogP contribution in [0.2, 0.25) is 0 Å². The van der Waals surface area contributed by atoms with Gasteiger partial charge in [0.15, 0.2) is 0 Å². The smallest absolute Gasteiger partial charge is 0.125 e. The van der Waals surface area contributed by atoms with E-state index in [1.807, 2.05) is 13.0 Å². The third-order valence-electron chi connectivity index (χ3n) is 1.36. The number of aryl methyl sites for hydroxylation is 1. The zero-order valence-electron chi connectivity index (χ0n) is 5.40. The maximum absolute atomic E-state index is 4.09. The van der Waals surface area contributed by atoms with Gasteiger partial charge in [0.2, 0.25) is 0 Å². The van der Waals surface area contributed by atoms with Crippen molar-refractivity contribution in [3.05, 3.63) is 18.0 Å². The Labute approximate surface area is 62.1 Å². The first-order chi connectivity index (χ1) is 4.88. The molecule has 0 amide bonds. The lowest BCUT2D eigenvalue weighted by Crippen LogP contribution is -1.80. The molecule has 3 nitrogen and oxygen atoms in total. The summed E-state index contributed by atoms with van der Waals surface area (Å²) in [4.78, 5) is 4.08. The molecular weight excluding hydrogens is 146 g/mol. The van der Waals surface area contributed by atoms with Gasteiger partial charge in [0.1, 0.15) is 11.0 Å². The zero-order valence-corrected chi connectivity index (χ0v) is 6.22. The number of aromatic nitrogens is 3. The second kappa shape index (κ2) is 1.98. The van der Waals surface area contributed by atoms with E-state index in [1.165, 1.54) is 11.7 Å². The van der Waals surface area contributed by atoms with Crippen LogP contribution in [0.3, 0.4) is 0 Å². The molecule has 0 atom stereocenters. The van der Waals surface area contributed by atoms with Crippen LogP contribution in [0.4, 0.5) is 0 Å². The normalized spacial score (nSPS) is 10.5. The Morgan fingerprint density at radius 1 is 1.40 bits per heavy atom. The Bertz CT molecular complexity index is 355. The molecule has 0 aliphatic heterocycles. The third kappa shape index (κ3) is 0.690. The van der Waals surface area contributed by atoms with Gasteiger partial charge in [0, 0.05) is 6.20 Å². The summed E-state index contributed by atoms with van der Waals surface area (Å²) in [5, 5.41) is 0. The minimum absolute atomic E-state index is 0.924. The minimum atomic E-state index is 0.924. The van der Waals surface area contributed by atoms with E-state index in [2.05, 4.69) is 13.7 Å². The molecule has 2 rings (SSSR count). The Morgan fingerprint density at radius 2 is 2.30 bits per heavy atom. The van der Waals surface area contributed by atoms with Gasteiger partial charge < -0.3 is 0 Å². The second-order valence-electron chi connectivity index (χ2n) is 2.03. The standard InChI is InChI=1S/C6H5N3S/c1-4-6-5(2-3-7-4)8-10-9-6/h2-3H,1H3. The summed E-state index contributed by atoms with van der Waals surface area (Å²) in [5.74, 6) is 0. The van der Waals surface area contributed by atoms with E-state index in [9.17, 15) is 0 Å². The third-order valence-corrected chi connectivity index (χ3v) is 1.90. The average molecular weight is 151 g/mol. The molecule has 10 heavy (non-hydrogen) atoms. The van der Waals surface area contributed by atoms with Gasteiger partial charge in [-0.15, -0.1) is 0 Å². The maximum atomic E-state index is 4.09. The number of hydrogen-bond acceptors (Lipinski definition) is 4. The van der Waals surface area contributed by atoms with Crippen LogP contribution in [-0.4, -0.2) is 13.7 Å². The summed E-state index contributed by atoms with van der Waals surface area (Å²) in [7, 11) is 0. The Morgan fingerprint density at radius 3 is 3.10 bits per heavy atom. The molecule has 2 heterocycles. The topological polar surface area (TPSA) is 38.7 Å². The van der Waals surface area contributed by atoms with Crippen molar-refractivity contribution >= 4 is 22.8 Å². The number of rotatable bonds is 0. The first-order valence-electron chi connectivity index (χ1n) is 2.92. The summed E-state index contributed by atoms with van der Waals surface area (Å²) in [5.41, 5.74) is 2.82. The highest BCUT2D eigenvalue weighted by Gasteiger charge is 1.99. The van der Waals surface area contributed by atoms with Crippen molar-refractivity contribution in [3.8, 4) is 0 Å². The summed E-state index contributed by atoms with van der Waals surface area (Å²) in [6, 6.07) is 1.87. The monoisotopic (exact) mass is 151 g/mol. The summed E-state index contributed by atoms with van der Waals surface area (Å²) >= 11 is 1.23. The summed E-state index contributed by atoms with van der Waals surface area (Å²) in [6.45, 7) is 1.93. The molecule has 2 aromatic rings. The number of pyridine rings is 1. The van der Waals surface area contributed by atoms with E-state index in [0.29, 0.717) is 0 Å². The lowest BCUT2D eigenvalue weighted by atomic mass is 10.3. The van der Waals surface area contributed by atoms with E-state index in [-0.39, 0.29) is 0 Å². The fourth-order valence-corrected chi connectivity index (χ4v) is 1.42. The zero-order chi connectivity index (χ0) is 6.97. The Kier molecular flexibility index (Phi) is 1.14. The predicted molar refractivity (Wildman–Crippen MR) is 39.9 cm³/mol. The molecule has 0 aliphatic carbocycles. The van der Waals surface area contributed by atoms with Gasteiger partial charge in [-0.25, -0.2) is 0 Å². The van der Waals surface area contributed by atoms with Crippen molar-refractivity contribution in [3.63, 3.8) is 0 Å². The van der Waals surface area contributed by atoms with Crippen LogP contribution in [0.1, 0.15) is 5.69 Å². The molecule has 0 aromatic carbocycles. The van der Waals surface area contributed by atoms with Crippen molar-refractivity contribution in [1.29, 1.82) is 0 Å². The fraction of sp³-hybridized carbons (Fsp3) is 0.167. The second-order valence-corrected chi connectivity index (χ2v) is 2.56. The van der Waals surface area contributed by atoms with Crippen LogP contribution < -0.4 is 0 Å². The molecule has 2 aromatic heterocycles. The first kappa shape index (κ1) is 5.73. The fourth-order valence-electron chi connectivity index (χ4n) is 0.837. The molecule has 0 radical (unpaired) electrons. The lowest BCUT2D eigenvalue weighted by Gasteiger charge is -1.87. The van der Waals surface area contributed by atoms with Gasteiger partial charge in [-0.3, -0.25) is 4.98 Å². The molecule has 0 saturated heterocycles. The highest BCUT2D eigenvalue weighted by atomic mass is 32.1. The van der Waals surface area contributed by atoms with E-state index in [0.717, 1.165) is 16.7 Å². The van der Waals surface area contributed by atoms with E-state index >= 15 is 0 Å². The summed E-state index contributed by atoms with van der Waals surface area (Å²) < 4.78 is 8.16. The number of fused-ring (bicyclic) bond motifs is 1. The molecule has 0 N–H and O–H groups in total. The lowest BCUT2D eigenvalue weighted by molar-refractivity contribution is 1.22. The minimum Gasteiger partial charge on any atom is -0.259 e. The van der Waals surface area contributed by atoms with Crippen LogP contribution in [0.15, 0.2) is 12.3 Å². The average Bonchev–Trinajstić information content (AvgIpc) is 2.36. The highest BCUT2D eigenvalue weighted by Crippen LogP contribution is 2.11. The van der Waals surface area contributed by atoms with E-state index < -0.39 is 0 Å². The van der Waals surface area contributed by atoms with Crippen LogP contribution in [0, 0.1) is 6.92 Å². The molecule has 0 saturated carbocycles. The van der Waals surface area contributed by atoms with Gasteiger partial charge in [0.05, 0.1) is 17.4 Å². The van der Waals surface area contributed by atoms with E-state index in [4.69, 9.17) is 0 Å². The van der Waals surface area contributed by atoms with Crippen molar-refractivity contribution in [2.45, 2.75) is 6.92 Å². The van der Waals surface area contributed by atoms with Crippen molar-refractivity contribution in [2.75, 3.05) is 0 Å². The van der Waals surface area contributed by atoms with Gasteiger partial charge in [-0.05, 0) is 13.0 Å². The molecule has 0 spiro atoms. The molecule has 50 valence electrons. The SMILES string of the molecule is Cc1nccc2nsnc12. The van der Waals surface area contributed by atoms with Gasteiger partial charge in [0.25, 0.3) is 0 Å². The molecule has 0 bridgehead atoms. The molecule has 0 fully saturated rings. The van der Waals surface area contributed by atoms with Gasteiger partial charge >= 0.3 is 0 Å². The predicted octanol–water partition coefficient (Wildman–Crippen LogP) is 1.39. The highest BCUT2D eigenvalue weighted by molar-refractivity contribution is 7.00. The number of hydrogen-bond donors (Lipinski definition) is 0. The van der Waals surface area contributed by atoms with Gasteiger partial charge in [-0.1, -0.05) is 0 Å².